The molecule has 5 rings (SSSR count). The maximum absolute atomic E-state index is 13.4. The van der Waals surface area contributed by atoms with Gasteiger partial charge in [-0.25, -0.2) is 0 Å². The molecule has 2 fully saturated rings. The molecule has 0 bridgehead atoms. The highest BCUT2D eigenvalue weighted by molar-refractivity contribution is 6.02. The fourth-order valence-corrected chi connectivity index (χ4v) is 5.99. The zero-order valence-corrected chi connectivity index (χ0v) is 21.9. The van der Waals surface area contributed by atoms with Crippen LogP contribution in [-0.4, -0.2) is 74.6 Å². The fourth-order valence-electron chi connectivity index (χ4n) is 5.99. The zero-order chi connectivity index (χ0) is 26.0. The van der Waals surface area contributed by atoms with E-state index >= 15 is 0 Å². The van der Waals surface area contributed by atoms with Crippen molar-refractivity contribution >= 4 is 17.7 Å². The number of fused-ring (bicyclic) bond motifs is 1. The normalized spacial score (nSPS) is 23.2. The molecule has 3 heterocycles. The Morgan fingerprint density at radius 3 is 2.38 bits per heavy atom. The largest absolute Gasteiger partial charge is 0.351 e. The molecule has 3 aliphatic rings. The molecule has 1 atom stereocenters. The van der Waals surface area contributed by atoms with E-state index in [1.54, 1.807) is 22.6 Å². The average molecular weight is 507 g/mol. The molecule has 198 valence electrons. The number of rotatable bonds is 7. The minimum Gasteiger partial charge on any atom is -0.351 e. The van der Waals surface area contributed by atoms with Crippen LogP contribution in [0.25, 0.3) is 0 Å². The minimum atomic E-state index is -1.05. The number of benzene rings is 1. The van der Waals surface area contributed by atoms with Crippen molar-refractivity contribution in [1.29, 1.82) is 0 Å². The van der Waals surface area contributed by atoms with Gasteiger partial charge in [-0.15, -0.1) is 0 Å². The maximum atomic E-state index is 13.4. The minimum absolute atomic E-state index is 0.0727. The average Bonchev–Trinajstić information content (AvgIpc) is 3.56. The van der Waals surface area contributed by atoms with Gasteiger partial charge in [-0.3, -0.25) is 24.0 Å². The topological polar surface area (TPSA) is 99.6 Å². The lowest BCUT2D eigenvalue weighted by Crippen LogP contribution is -2.64. The number of carbonyl (C=O) groups is 3. The molecular weight excluding hydrogens is 468 g/mol. The fraction of sp³-hybridized carbons (Fsp3) is 0.571. The van der Waals surface area contributed by atoms with Crippen LogP contribution >= 0.6 is 0 Å². The van der Waals surface area contributed by atoms with Gasteiger partial charge in [-0.2, -0.15) is 5.10 Å². The monoisotopic (exact) mass is 506 g/mol. The number of hydrogen-bond acceptors (Lipinski definition) is 5. The van der Waals surface area contributed by atoms with Gasteiger partial charge in [-0.05, 0) is 45.1 Å². The Kier molecular flexibility index (Phi) is 7.33. The molecule has 1 aromatic heterocycles. The van der Waals surface area contributed by atoms with E-state index in [9.17, 15) is 14.4 Å². The summed E-state index contributed by atoms with van der Waals surface area (Å²) in [5.74, 6) is -0.682. The summed E-state index contributed by atoms with van der Waals surface area (Å²) in [7, 11) is 0. The van der Waals surface area contributed by atoms with Crippen LogP contribution in [0.5, 0.6) is 0 Å². The molecule has 2 aromatic rings. The Labute approximate surface area is 218 Å². The van der Waals surface area contributed by atoms with Gasteiger partial charge in [0.25, 0.3) is 11.8 Å². The number of likely N-dealkylation sites (tertiary alicyclic amines) is 1. The van der Waals surface area contributed by atoms with Crippen LogP contribution in [0.1, 0.15) is 78.9 Å². The van der Waals surface area contributed by atoms with Crippen LogP contribution in [0, 0.1) is 0 Å². The van der Waals surface area contributed by atoms with Crippen LogP contribution in [-0.2, 0) is 17.9 Å². The van der Waals surface area contributed by atoms with E-state index in [1.165, 1.54) is 5.56 Å². The number of piperidine rings is 1. The number of amides is 3. The number of aromatic nitrogens is 2. The van der Waals surface area contributed by atoms with Gasteiger partial charge in [0, 0.05) is 44.3 Å². The third-order valence-corrected chi connectivity index (χ3v) is 8.20. The van der Waals surface area contributed by atoms with E-state index in [0.29, 0.717) is 12.2 Å². The lowest BCUT2D eigenvalue weighted by Gasteiger charge is -2.43. The maximum Gasteiger partial charge on any atom is 0.273 e. The van der Waals surface area contributed by atoms with Crippen molar-refractivity contribution in [2.24, 2.45) is 0 Å². The van der Waals surface area contributed by atoms with E-state index in [0.717, 1.165) is 58.2 Å². The summed E-state index contributed by atoms with van der Waals surface area (Å²) < 4.78 is 1.54. The van der Waals surface area contributed by atoms with Crippen LogP contribution in [0.3, 0.4) is 0 Å². The molecule has 0 spiro atoms. The molecule has 1 aromatic carbocycles. The highest BCUT2D eigenvalue weighted by Crippen LogP contribution is 2.29. The highest BCUT2D eigenvalue weighted by atomic mass is 16.2. The lowest BCUT2D eigenvalue weighted by atomic mass is 9.94. The van der Waals surface area contributed by atoms with Gasteiger partial charge in [0.15, 0.2) is 5.69 Å². The number of nitrogens with zero attached hydrogens (tertiary/aromatic N) is 4. The van der Waals surface area contributed by atoms with Crippen molar-refractivity contribution < 1.29 is 14.4 Å². The zero-order valence-electron chi connectivity index (χ0n) is 21.9. The lowest BCUT2D eigenvalue weighted by molar-refractivity contribution is -0.133. The summed E-state index contributed by atoms with van der Waals surface area (Å²) in [5, 5.41) is 10.7. The third-order valence-electron chi connectivity index (χ3n) is 8.20. The van der Waals surface area contributed by atoms with Gasteiger partial charge < -0.3 is 15.5 Å². The van der Waals surface area contributed by atoms with Crippen molar-refractivity contribution in [2.75, 3.05) is 19.6 Å². The molecule has 1 saturated heterocycles. The molecule has 1 saturated carbocycles. The quantitative estimate of drug-likeness (QED) is 0.601. The van der Waals surface area contributed by atoms with Crippen molar-refractivity contribution in [3.05, 3.63) is 53.3 Å². The Hall–Kier alpha value is -3.20. The summed E-state index contributed by atoms with van der Waals surface area (Å²) in [6.45, 7) is 7.05. The molecule has 3 amide bonds. The summed E-state index contributed by atoms with van der Waals surface area (Å²) >= 11 is 0. The summed E-state index contributed by atoms with van der Waals surface area (Å²) in [5.41, 5.74) is 0.831. The first-order chi connectivity index (χ1) is 17.9. The third kappa shape index (κ3) is 5.28. The highest BCUT2D eigenvalue weighted by Gasteiger charge is 2.48. The Morgan fingerprint density at radius 2 is 1.70 bits per heavy atom. The van der Waals surface area contributed by atoms with Crippen molar-refractivity contribution in [3.8, 4) is 0 Å². The second kappa shape index (κ2) is 10.7. The standard InChI is InChI=1S/C28H38N6O3/c1-3-33-26(36)24-17-23(31-34(24)19-28(33,2)27(37)30-21-11-7-8-12-21)25(35)29-22-13-15-32(16-14-22)18-20-9-5-4-6-10-20/h4-6,9-10,17,21-22H,3,7-8,11-16,18-19H2,1-2H3,(H,29,35)(H,30,37). The van der Waals surface area contributed by atoms with Gasteiger partial charge in [0.1, 0.15) is 11.2 Å². The first-order valence-corrected chi connectivity index (χ1v) is 13.7. The van der Waals surface area contributed by atoms with Crippen LogP contribution in [0.15, 0.2) is 36.4 Å². The Bertz CT molecular complexity index is 1130. The van der Waals surface area contributed by atoms with Crippen LogP contribution in [0.2, 0.25) is 0 Å². The van der Waals surface area contributed by atoms with Crippen LogP contribution < -0.4 is 10.6 Å². The first kappa shape index (κ1) is 25.4. The molecule has 2 N–H and O–H groups in total. The second-order valence-electron chi connectivity index (χ2n) is 10.9. The molecule has 9 nitrogen and oxygen atoms in total. The Morgan fingerprint density at radius 1 is 1.03 bits per heavy atom. The number of likely N-dealkylation sites (N-methyl/N-ethyl adjacent to an activating group) is 1. The van der Waals surface area contributed by atoms with Gasteiger partial charge in [0.2, 0.25) is 5.91 Å². The number of hydrogen-bond donors (Lipinski definition) is 2. The first-order valence-electron chi connectivity index (χ1n) is 13.7. The molecule has 2 aliphatic heterocycles. The summed E-state index contributed by atoms with van der Waals surface area (Å²) in [6.07, 6.45) is 5.93. The Balaban J connectivity index is 1.22. The van der Waals surface area contributed by atoms with E-state index in [-0.39, 0.29) is 42.0 Å². The predicted octanol–water partition coefficient (Wildman–Crippen LogP) is 2.57. The van der Waals surface area contributed by atoms with E-state index < -0.39 is 5.54 Å². The van der Waals surface area contributed by atoms with Gasteiger partial charge in [-0.1, -0.05) is 43.2 Å². The van der Waals surface area contributed by atoms with E-state index in [4.69, 9.17) is 0 Å². The molecule has 37 heavy (non-hydrogen) atoms. The van der Waals surface area contributed by atoms with E-state index in [1.807, 2.05) is 13.0 Å². The van der Waals surface area contributed by atoms with Gasteiger partial charge in [0.05, 0.1) is 6.54 Å². The summed E-state index contributed by atoms with van der Waals surface area (Å²) in [4.78, 5) is 43.8. The second-order valence-corrected chi connectivity index (χ2v) is 10.9. The van der Waals surface area contributed by atoms with Crippen molar-refractivity contribution in [1.82, 2.24) is 30.2 Å². The number of nitrogens with one attached hydrogen (secondary N) is 2. The predicted molar refractivity (Wildman–Crippen MR) is 140 cm³/mol. The van der Waals surface area contributed by atoms with Crippen LogP contribution in [0.4, 0.5) is 0 Å². The van der Waals surface area contributed by atoms with Gasteiger partial charge >= 0.3 is 0 Å². The van der Waals surface area contributed by atoms with Crippen molar-refractivity contribution in [3.63, 3.8) is 0 Å². The van der Waals surface area contributed by atoms with Crippen molar-refractivity contribution in [2.45, 2.75) is 83.1 Å². The molecule has 1 aliphatic carbocycles. The number of carbonyl (C=O) groups excluding carboxylic acids is 3. The molecule has 9 heteroatoms. The van der Waals surface area contributed by atoms with E-state index in [2.05, 4.69) is 44.9 Å². The molecule has 1 unspecified atom stereocenters. The molecular formula is C28H38N6O3. The SMILES string of the molecule is CCN1C(=O)c2cc(C(=O)NC3CCN(Cc4ccccc4)CC3)nn2CC1(C)C(=O)NC1CCCC1. The smallest absolute Gasteiger partial charge is 0.273 e. The molecule has 0 radical (unpaired) electrons. The summed E-state index contributed by atoms with van der Waals surface area (Å²) in [6, 6.07) is 12.2.